The Morgan fingerprint density at radius 2 is 2.19 bits per heavy atom. The summed E-state index contributed by atoms with van der Waals surface area (Å²) < 4.78 is 22.8. The molecule has 1 aromatic heterocycles. The number of nitriles is 1. The number of amides is 2. The van der Waals surface area contributed by atoms with Crippen LogP contribution in [0.2, 0.25) is 0 Å². The fourth-order valence-electron chi connectivity index (χ4n) is 1.58. The number of carbonyl (C=O) groups excluding carboxylic acids is 2. The van der Waals surface area contributed by atoms with Gasteiger partial charge in [-0.15, -0.1) is 11.3 Å². The summed E-state index contributed by atoms with van der Waals surface area (Å²) >= 11 is 1.17. The van der Waals surface area contributed by atoms with E-state index in [9.17, 15) is 18.0 Å². The lowest BCUT2D eigenvalue weighted by Crippen LogP contribution is -2.50. The molecule has 0 saturated heterocycles. The van der Waals surface area contributed by atoms with Crippen LogP contribution in [0, 0.1) is 11.5 Å². The quantitative estimate of drug-likeness (QED) is 0.593. The van der Waals surface area contributed by atoms with Gasteiger partial charge in [0.15, 0.2) is 6.19 Å². The normalized spacial score (nSPS) is 12.2. The summed E-state index contributed by atoms with van der Waals surface area (Å²) in [5.74, 6) is -1.84. The third-order valence-corrected chi connectivity index (χ3v) is 4.33. The number of nitrogens with one attached hydrogen (secondary N) is 1. The molecule has 7 nitrogen and oxygen atoms in total. The summed E-state index contributed by atoms with van der Waals surface area (Å²) in [6.07, 6.45) is 2.63. The highest BCUT2D eigenvalue weighted by atomic mass is 32.2. The Bertz CT molecular complexity index is 647. The average Bonchev–Trinajstić information content (AvgIpc) is 2.91. The van der Waals surface area contributed by atoms with Crippen molar-refractivity contribution in [2.24, 2.45) is 0 Å². The molecular formula is C12H15N3O4S2. The van der Waals surface area contributed by atoms with Crippen molar-refractivity contribution in [1.82, 2.24) is 10.2 Å². The van der Waals surface area contributed by atoms with Crippen molar-refractivity contribution in [3.8, 4) is 6.19 Å². The molecule has 0 aliphatic rings. The van der Waals surface area contributed by atoms with Crippen LogP contribution in [-0.2, 0) is 14.6 Å². The molecule has 1 N–H and O–H groups in total. The average molecular weight is 329 g/mol. The summed E-state index contributed by atoms with van der Waals surface area (Å²) in [4.78, 5) is 25.2. The molecule has 0 radical (unpaired) electrons. The van der Waals surface area contributed by atoms with Gasteiger partial charge in [-0.05, 0) is 18.4 Å². The van der Waals surface area contributed by atoms with Gasteiger partial charge in [-0.3, -0.25) is 9.59 Å². The van der Waals surface area contributed by atoms with Crippen LogP contribution in [0.15, 0.2) is 17.5 Å². The second kappa shape index (κ2) is 7.19. The largest absolute Gasteiger partial charge is 0.338 e. The number of hydrogen-bond acceptors (Lipinski definition) is 6. The predicted octanol–water partition coefficient (Wildman–Crippen LogP) is 0.221. The Labute approximate surface area is 127 Å². The molecule has 1 atom stereocenters. The molecule has 1 heterocycles. The van der Waals surface area contributed by atoms with E-state index in [1.807, 2.05) is 0 Å². The monoisotopic (exact) mass is 329 g/mol. The Morgan fingerprint density at radius 3 is 2.62 bits per heavy atom. The lowest BCUT2D eigenvalue weighted by molar-refractivity contribution is -0.129. The van der Waals surface area contributed by atoms with Crippen molar-refractivity contribution in [2.75, 3.05) is 18.6 Å². The predicted molar refractivity (Wildman–Crippen MR) is 78.3 cm³/mol. The first-order chi connectivity index (χ1) is 9.78. The smallest absolute Gasteiger partial charge is 0.262 e. The fourth-order valence-corrected chi connectivity index (χ4v) is 3.04. The van der Waals surface area contributed by atoms with Crippen LogP contribution in [0.25, 0.3) is 0 Å². The number of rotatable bonds is 6. The van der Waals surface area contributed by atoms with Gasteiger partial charge < -0.3 is 5.32 Å². The van der Waals surface area contributed by atoms with Gasteiger partial charge in [-0.25, -0.2) is 13.3 Å². The number of nitrogens with zero attached hydrogens (tertiary/aromatic N) is 2. The van der Waals surface area contributed by atoms with Crippen molar-refractivity contribution in [2.45, 2.75) is 13.0 Å². The first-order valence-electron chi connectivity index (χ1n) is 6.01. The Morgan fingerprint density at radius 1 is 1.52 bits per heavy atom. The molecule has 0 bridgehead atoms. The lowest BCUT2D eigenvalue weighted by atomic mass is 10.2. The maximum atomic E-state index is 12.1. The summed E-state index contributed by atoms with van der Waals surface area (Å²) in [6, 6.07) is 1.94. The number of thiophene rings is 1. The molecule has 2 amide bonds. The summed E-state index contributed by atoms with van der Waals surface area (Å²) in [5, 5.41) is 12.9. The highest BCUT2D eigenvalue weighted by Gasteiger charge is 2.29. The topological polar surface area (TPSA) is 107 Å². The SMILES string of the molecule is CCN(C#N)C(=O)C(CS(C)(=O)=O)NC(=O)c1cccs1. The van der Waals surface area contributed by atoms with Crippen LogP contribution >= 0.6 is 11.3 Å². The van der Waals surface area contributed by atoms with Crippen LogP contribution in [-0.4, -0.2) is 49.7 Å². The van der Waals surface area contributed by atoms with E-state index >= 15 is 0 Å². The van der Waals surface area contributed by atoms with Gasteiger partial charge in [0.2, 0.25) is 0 Å². The van der Waals surface area contributed by atoms with Gasteiger partial charge in [0.25, 0.3) is 11.8 Å². The summed E-state index contributed by atoms with van der Waals surface area (Å²) in [6.45, 7) is 1.68. The zero-order valence-electron chi connectivity index (χ0n) is 11.6. The lowest BCUT2D eigenvalue weighted by Gasteiger charge is -2.20. The van der Waals surface area contributed by atoms with Gasteiger partial charge in [-0.1, -0.05) is 6.07 Å². The summed E-state index contributed by atoms with van der Waals surface area (Å²) in [7, 11) is -3.50. The molecule has 0 saturated carbocycles. The third-order valence-electron chi connectivity index (χ3n) is 2.52. The van der Waals surface area contributed by atoms with Crippen LogP contribution in [0.3, 0.4) is 0 Å². The Kier molecular flexibility index (Phi) is 5.87. The van der Waals surface area contributed by atoms with E-state index in [2.05, 4.69) is 5.32 Å². The molecule has 1 unspecified atom stereocenters. The molecular weight excluding hydrogens is 314 g/mol. The maximum absolute atomic E-state index is 12.1. The van der Waals surface area contributed by atoms with E-state index in [-0.39, 0.29) is 6.54 Å². The Balaban J connectivity index is 2.95. The standard InChI is InChI=1S/C12H15N3O4S2/c1-3-15(8-13)12(17)9(7-21(2,18)19)14-11(16)10-5-4-6-20-10/h4-6,9H,3,7H2,1-2H3,(H,14,16). The minimum absolute atomic E-state index is 0.102. The van der Waals surface area contributed by atoms with Crippen LogP contribution in [0.4, 0.5) is 0 Å². The zero-order valence-corrected chi connectivity index (χ0v) is 13.2. The highest BCUT2D eigenvalue weighted by molar-refractivity contribution is 7.90. The molecule has 114 valence electrons. The molecule has 0 fully saturated rings. The van der Waals surface area contributed by atoms with E-state index in [1.54, 1.807) is 30.6 Å². The van der Waals surface area contributed by atoms with E-state index in [0.717, 1.165) is 11.2 Å². The third kappa shape index (κ3) is 5.17. The molecule has 0 aliphatic carbocycles. The molecule has 1 aromatic rings. The highest BCUT2D eigenvalue weighted by Crippen LogP contribution is 2.09. The molecule has 0 aromatic carbocycles. The Hall–Kier alpha value is -1.92. The van der Waals surface area contributed by atoms with Gasteiger partial charge in [-0.2, -0.15) is 5.26 Å². The van der Waals surface area contributed by atoms with E-state index in [1.165, 1.54) is 11.3 Å². The second-order valence-corrected chi connectivity index (χ2v) is 7.41. The van der Waals surface area contributed by atoms with Gasteiger partial charge >= 0.3 is 0 Å². The van der Waals surface area contributed by atoms with Crippen molar-refractivity contribution in [3.63, 3.8) is 0 Å². The zero-order chi connectivity index (χ0) is 16.0. The van der Waals surface area contributed by atoms with Crippen LogP contribution in [0.5, 0.6) is 0 Å². The molecule has 0 spiro atoms. The molecule has 1 rings (SSSR count). The van der Waals surface area contributed by atoms with Gasteiger partial charge in [0.05, 0.1) is 10.6 Å². The van der Waals surface area contributed by atoms with E-state index in [0.29, 0.717) is 4.88 Å². The number of sulfone groups is 1. The van der Waals surface area contributed by atoms with Gasteiger partial charge in [0, 0.05) is 12.8 Å². The fraction of sp³-hybridized carbons (Fsp3) is 0.417. The first-order valence-corrected chi connectivity index (χ1v) is 8.95. The summed E-state index contributed by atoms with van der Waals surface area (Å²) in [5.41, 5.74) is 0. The first kappa shape index (κ1) is 17.1. The van der Waals surface area contributed by atoms with Crippen LogP contribution < -0.4 is 5.32 Å². The number of hydrogen-bond donors (Lipinski definition) is 1. The van der Waals surface area contributed by atoms with Crippen molar-refractivity contribution >= 4 is 33.0 Å². The van der Waals surface area contributed by atoms with Crippen LogP contribution in [0.1, 0.15) is 16.6 Å². The number of likely N-dealkylation sites (N-methyl/N-ethyl adjacent to an activating group) is 1. The van der Waals surface area contributed by atoms with Gasteiger partial charge in [0.1, 0.15) is 15.9 Å². The molecule has 21 heavy (non-hydrogen) atoms. The minimum Gasteiger partial charge on any atom is -0.338 e. The van der Waals surface area contributed by atoms with Crippen molar-refractivity contribution < 1.29 is 18.0 Å². The second-order valence-electron chi connectivity index (χ2n) is 4.28. The number of carbonyl (C=O) groups is 2. The van der Waals surface area contributed by atoms with E-state index in [4.69, 9.17) is 5.26 Å². The minimum atomic E-state index is -3.50. The van der Waals surface area contributed by atoms with Crippen molar-refractivity contribution in [3.05, 3.63) is 22.4 Å². The molecule has 9 heteroatoms. The maximum Gasteiger partial charge on any atom is 0.262 e. The van der Waals surface area contributed by atoms with E-state index < -0.39 is 33.4 Å². The van der Waals surface area contributed by atoms with Crippen molar-refractivity contribution in [1.29, 1.82) is 5.26 Å². The molecule has 0 aliphatic heterocycles.